The standard InChI is InChI=1S/C15H17NO4/c1-18-9-12-8-15(19-2)10-20-14(16(15)13(12)17)11-6-4-3-5-7-11/h3-7,9,14H,8,10H2,1-2H3/b12-9+/t14-,15-/m1/s1. The van der Waals surface area contributed by atoms with E-state index in [-0.39, 0.29) is 5.91 Å². The van der Waals surface area contributed by atoms with E-state index >= 15 is 0 Å². The first kappa shape index (κ1) is 13.1. The first-order valence-corrected chi connectivity index (χ1v) is 6.49. The Labute approximate surface area is 117 Å². The van der Waals surface area contributed by atoms with Crippen LogP contribution in [-0.4, -0.2) is 37.4 Å². The quantitative estimate of drug-likeness (QED) is 0.623. The lowest BCUT2D eigenvalue weighted by Crippen LogP contribution is -2.44. The van der Waals surface area contributed by atoms with Crippen LogP contribution in [0.2, 0.25) is 0 Å². The molecule has 0 spiro atoms. The van der Waals surface area contributed by atoms with Gasteiger partial charge in [0.05, 0.1) is 25.6 Å². The van der Waals surface area contributed by atoms with Crippen molar-refractivity contribution in [1.29, 1.82) is 0 Å². The van der Waals surface area contributed by atoms with Crippen molar-refractivity contribution in [3.05, 3.63) is 47.7 Å². The van der Waals surface area contributed by atoms with Crippen LogP contribution in [0.3, 0.4) is 0 Å². The smallest absolute Gasteiger partial charge is 0.257 e. The lowest BCUT2D eigenvalue weighted by atomic mass is 10.1. The zero-order valence-corrected chi connectivity index (χ0v) is 11.5. The second-order valence-corrected chi connectivity index (χ2v) is 4.96. The van der Waals surface area contributed by atoms with Crippen LogP contribution in [0, 0.1) is 0 Å². The molecular formula is C15H17NO4. The van der Waals surface area contributed by atoms with Gasteiger partial charge >= 0.3 is 0 Å². The topological polar surface area (TPSA) is 48.0 Å². The molecule has 1 amide bonds. The number of ether oxygens (including phenoxy) is 3. The first-order valence-electron chi connectivity index (χ1n) is 6.49. The SMILES string of the molecule is CO/C=C1\C[C@@]2(OC)CO[C@H](c3ccccc3)N2C1=O. The van der Waals surface area contributed by atoms with Crippen molar-refractivity contribution in [3.63, 3.8) is 0 Å². The molecule has 2 saturated heterocycles. The molecule has 3 rings (SSSR count). The van der Waals surface area contributed by atoms with Gasteiger partial charge in [0.1, 0.15) is 0 Å². The number of hydrogen-bond acceptors (Lipinski definition) is 4. The van der Waals surface area contributed by atoms with Gasteiger partial charge in [0, 0.05) is 19.1 Å². The zero-order chi connectivity index (χ0) is 14.2. The number of benzene rings is 1. The molecule has 20 heavy (non-hydrogen) atoms. The molecule has 0 bridgehead atoms. The average molecular weight is 275 g/mol. The number of nitrogens with zero attached hydrogens (tertiary/aromatic N) is 1. The summed E-state index contributed by atoms with van der Waals surface area (Å²) >= 11 is 0. The zero-order valence-electron chi connectivity index (χ0n) is 11.5. The Morgan fingerprint density at radius 1 is 1.35 bits per heavy atom. The van der Waals surface area contributed by atoms with Crippen molar-refractivity contribution in [3.8, 4) is 0 Å². The Morgan fingerprint density at radius 2 is 2.10 bits per heavy atom. The molecule has 5 nitrogen and oxygen atoms in total. The average Bonchev–Trinajstić information content (AvgIpc) is 2.98. The highest BCUT2D eigenvalue weighted by Crippen LogP contribution is 2.46. The van der Waals surface area contributed by atoms with E-state index in [9.17, 15) is 4.79 Å². The number of carbonyl (C=O) groups is 1. The third kappa shape index (κ3) is 1.82. The van der Waals surface area contributed by atoms with Crippen LogP contribution in [0.15, 0.2) is 42.2 Å². The fourth-order valence-corrected chi connectivity index (χ4v) is 2.85. The van der Waals surface area contributed by atoms with E-state index in [4.69, 9.17) is 14.2 Å². The number of fused-ring (bicyclic) bond motifs is 1. The van der Waals surface area contributed by atoms with Crippen LogP contribution >= 0.6 is 0 Å². The summed E-state index contributed by atoms with van der Waals surface area (Å²) in [6.45, 7) is 0.357. The molecule has 0 unspecified atom stereocenters. The van der Waals surface area contributed by atoms with Crippen molar-refractivity contribution in [2.45, 2.75) is 18.4 Å². The van der Waals surface area contributed by atoms with Gasteiger partial charge in [0.2, 0.25) is 0 Å². The first-order chi connectivity index (χ1) is 9.72. The molecule has 2 aliphatic heterocycles. The normalized spacial score (nSPS) is 30.9. The predicted octanol–water partition coefficient (Wildman–Crippen LogP) is 1.82. The second-order valence-electron chi connectivity index (χ2n) is 4.96. The highest BCUT2D eigenvalue weighted by molar-refractivity contribution is 5.97. The summed E-state index contributed by atoms with van der Waals surface area (Å²) in [5, 5.41) is 0. The molecule has 2 aliphatic rings. The summed E-state index contributed by atoms with van der Waals surface area (Å²) in [6.07, 6.45) is 1.55. The second kappa shape index (κ2) is 4.92. The summed E-state index contributed by atoms with van der Waals surface area (Å²) in [6, 6.07) is 9.68. The van der Waals surface area contributed by atoms with Gasteiger partial charge in [-0.2, -0.15) is 0 Å². The summed E-state index contributed by atoms with van der Waals surface area (Å²) in [7, 11) is 3.14. The van der Waals surface area contributed by atoms with Crippen molar-refractivity contribution in [2.75, 3.05) is 20.8 Å². The van der Waals surface area contributed by atoms with E-state index in [1.165, 1.54) is 13.4 Å². The maximum atomic E-state index is 12.5. The number of rotatable bonds is 3. The van der Waals surface area contributed by atoms with E-state index in [0.29, 0.717) is 18.6 Å². The largest absolute Gasteiger partial charge is 0.504 e. The van der Waals surface area contributed by atoms with Crippen molar-refractivity contribution >= 4 is 5.91 Å². The molecule has 2 atom stereocenters. The highest BCUT2D eigenvalue weighted by atomic mass is 16.6. The maximum Gasteiger partial charge on any atom is 0.257 e. The van der Waals surface area contributed by atoms with Gasteiger partial charge in [-0.25, -0.2) is 0 Å². The number of methoxy groups -OCH3 is 2. The Bertz CT molecular complexity index is 542. The Hall–Kier alpha value is -1.85. The predicted molar refractivity (Wildman–Crippen MR) is 71.4 cm³/mol. The van der Waals surface area contributed by atoms with E-state index in [0.717, 1.165) is 5.56 Å². The highest BCUT2D eigenvalue weighted by Gasteiger charge is 2.57. The third-order valence-corrected chi connectivity index (χ3v) is 3.83. The van der Waals surface area contributed by atoms with Gasteiger partial charge in [0.15, 0.2) is 12.0 Å². The maximum absolute atomic E-state index is 12.5. The summed E-state index contributed by atoms with van der Waals surface area (Å²) in [5.74, 6) is -0.0972. The van der Waals surface area contributed by atoms with Crippen molar-refractivity contribution < 1.29 is 19.0 Å². The molecule has 0 N–H and O–H groups in total. The minimum absolute atomic E-state index is 0.0972. The van der Waals surface area contributed by atoms with Crippen LogP contribution < -0.4 is 0 Å². The van der Waals surface area contributed by atoms with Gasteiger partial charge in [-0.1, -0.05) is 30.3 Å². The summed E-state index contributed by atoms with van der Waals surface area (Å²) in [4.78, 5) is 14.2. The van der Waals surface area contributed by atoms with Crippen LogP contribution in [0.5, 0.6) is 0 Å². The van der Waals surface area contributed by atoms with Gasteiger partial charge < -0.3 is 14.2 Å². The molecule has 5 heteroatoms. The molecular weight excluding hydrogens is 258 g/mol. The number of hydrogen-bond donors (Lipinski definition) is 0. The van der Waals surface area contributed by atoms with Crippen LogP contribution in [0.1, 0.15) is 18.2 Å². The van der Waals surface area contributed by atoms with Gasteiger partial charge in [-0.15, -0.1) is 0 Å². The van der Waals surface area contributed by atoms with Crippen LogP contribution in [0.25, 0.3) is 0 Å². The van der Waals surface area contributed by atoms with E-state index in [1.807, 2.05) is 30.3 Å². The van der Waals surface area contributed by atoms with Gasteiger partial charge in [-0.05, 0) is 0 Å². The molecule has 106 valence electrons. The van der Waals surface area contributed by atoms with Crippen molar-refractivity contribution in [1.82, 2.24) is 4.90 Å². The number of carbonyl (C=O) groups excluding carboxylic acids is 1. The summed E-state index contributed by atoms with van der Waals surface area (Å²) in [5.41, 5.74) is 0.833. The lowest BCUT2D eigenvalue weighted by Gasteiger charge is -2.30. The molecule has 1 aromatic rings. The molecule has 2 fully saturated rings. The Kier molecular flexibility index (Phi) is 3.23. The molecule has 0 aromatic heterocycles. The molecule has 1 aromatic carbocycles. The number of amides is 1. The van der Waals surface area contributed by atoms with Gasteiger partial charge in [-0.3, -0.25) is 9.69 Å². The third-order valence-electron chi connectivity index (χ3n) is 3.83. The van der Waals surface area contributed by atoms with Crippen molar-refractivity contribution in [2.24, 2.45) is 0 Å². The van der Waals surface area contributed by atoms with Gasteiger partial charge in [0.25, 0.3) is 5.91 Å². The van der Waals surface area contributed by atoms with E-state index in [1.54, 1.807) is 12.0 Å². The Morgan fingerprint density at radius 3 is 2.75 bits per heavy atom. The van der Waals surface area contributed by atoms with Crippen LogP contribution in [0.4, 0.5) is 0 Å². The fraction of sp³-hybridized carbons (Fsp3) is 0.400. The Balaban J connectivity index is 1.99. The fourth-order valence-electron chi connectivity index (χ4n) is 2.85. The molecule has 2 heterocycles. The molecule has 0 aliphatic carbocycles. The minimum atomic E-state index is -0.720. The van der Waals surface area contributed by atoms with Crippen LogP contribution in [-0.2, 0) is 19.0 Å². The van der Waals surface area contributed by atoms with E-state index < -0.39 is 12.0 Å². The lowest BCUT2D eigenvalue weighted by molar-refractivity contribution is -0.147. The monoisotopic (exact) mass is 275 g/mol. The summed E-state index contributed by atoms with van der Waals surface area (Å²) < 4.78 is 16.4. The molecule has 0 saturated carbocycles. The van der Waals surface area contributed by atoms with E-state index in [2.05, 4.69) is 0 Å². The minimum Gasteiger partial charge on any atom is -0.504 e. The molecule has 0 radical (unpaired) electrons.